The highest BCUT2D eigenvalue weighted by Crippen LogP contribution is 2.25. The van der Waals surface area contributed by atoms with Gasteiger partial charge in [-0.2, -0.15) is 0 Å². The molecule has 0 saturated carbocycles. The van der Waals surface area contributed by atoms with Gasteiger partial charge in [-0.25, -0.2) is 0 Å². The molecule has 0 aromatic heterocycles. The lowest BCUT2D eigenvalue weighted by molar-refractivity contribution is -0.133. The maximum absolute atomic E-state index is 12.2. The Labute approximate surface area is 138 Å². The van der Waals surface area contributed by atoms with E-state index in [0.717, 1.165) is 38.0 Å². The maximum atomic E-state index is 12.2. The van der Waals surface area contributed by atoms with Crippen LogP contribution in [0.25, 0.3) is 0 Å². The van der Waals surface area contributed by atoms with E-state index in [4.69, 9.17) is 4.74 Å². The first-order valence-corrected chi connectivity index (χ1v) is 8.46. The topological polar surface area (TPSA) is 49.9 Å². The fraction of sp³-hybridized carbons (Fsp3) is 0.556. The fourth-order valence-corrected chi connectivity index (χ4v) is 2.71. The highest BCUT2D eigenvalue weighted by Gasteiger charge is 2.22. The van der Waals surface area contributed by atoms with Crippen molar-refractivity contribution in [3.8, 4) is 5.75 Å². The third-order valence-electron chi connectivity index (χ3n) is 4.08. The molecule has 23 heavy (non-hydrogen) atoms. The molecule has 5 nitrogen and oxygen atoms in total. The van der Waals surface area contributed by atoms with Gasteiger partial charge >= 0.3 is 0 Å². The second-order valence-corrected chi connectivity index (χ2v) is 5.76. The lowest BCUT2D eigenvalue weighted by Crippen LogP contribution is -2.35. The average Bonchev–Trinajstić information content (AvgIpc) is 3.00. The lowest BCUT2D eigenvalue weighted by atomic mass is 10.2. The standard InChI is InChI=1S/C18H26N2O3/c1-3-5-11-19(4-2)18(22)14-23-16-9-6-8-15(13-16)20-12-7-10-17(20)21/h6,8-9,13H,3-5,7,10-12,14H2,1-2H3. The Balaban J connectivity index is 1.92. The molecule has 0 atom stereocenters. The quantitative estimate of drug-likeness (QED) is 0.740. The summed E-state index contributed by atoms with van der Waals surface area (Å²) in [5.41, 5.74) is 0.843. The van der Waals surface area contributed by atoms with Gasteiger partial charge in [0.2, 0.25) is 5.91 Å². The molecular formula is C18H26N2O3. The second kappa shape index (κ2) is 8.56. The van der Waals surface area contributed by atoms with Crippen molar-refractivity contribution in [1.82, 2.24) is 4.90 Å². The number of hydrogen-bond acceptors (Lipinski definition) is 3. The summed E-state index contributed by atoms with van der Waals surface area (Å²) in [4.78, 5) is 27.6. The van der Waals surface area contributed by atoms with E-state index in [0.29, 0.717) is 18.7 Å². The molecule has 1 aliphatic heterocycles. The third-order valence-corrected chi connectivity index (χ3v) is 4.08. The summed E-state index contributed by atoms with van der Waals surface area (Å²) in [5, 5.41) is 0. The summed E-state index contributed by atoms with van der Waals surface area (Å²) in [6.45, 7) is 6.35. The molecule has 126 valence electrons. The van der Waals surface area contributed by atoms with Crippen LogP contribution >= 0.6 is 0 Å². The summed E-state index contributed by atoms with van der Waals surface area (Å²) < 4.78 is 5.64. The van der Waals surface area contributed by atoms with Crippen LogP contribution in [0.2, 0.25) is 0 Å². The molecule has 0 unspecified atom stereocenters. The van der Waals surface area contributed by atoms with Crippen molar-refractivity contribution in [2.45, 2.75) is 39.5 Å². The largest absolute Gasteiger partial charge is 0.484 e. The van der Waals surface area contributed by atoms with Crippen LogP contribution in [0, 0.1) is 0 Å². The van der Waals surface area contributed by atoms with E-state index >= 15 is 0 Å². The first-order valence-electron chi connectivity index (χ1n) is 8.46. The lowest BCUT2D eigenvalue weighted by Gasteiger charge is -2.21. The summed E-state index contributed by atoms with van der Waals surface area (Å²) >= 11 is 0. The van der Waals surface area contributed by atoms with Crippen molar-refractivity contribution in [3.05, 3.63) is 24.3 Å². The highest BCUT2D eigenvalue weighted by molar-refractivity contribution is 5.95. The SMILES string of the molecule is CCCCN(CC)C(=O)COc1cccc(N2CCCC2=O)c1. The van der Waals surface area contributed by atoms with Crippen LogP contribution in [0.15, 0.2) is 24.3 Å². The summed E-state index contributed by atoms with van der Waals surface area (Å²) in [5.74, 6) is 0.778. The fourth-order valence-electron chi connectivity index (χ4n) is 2.71. The monoisotopic (exact) mass is 318 g/mol. The molecule has 1 fully saturated rings. The van der Waals surface area contributed by atoms with Crippen molar-refractivity contribution in [2.75, 3.05) is 31.1 Å². The van der Waals surface area contributed by atoms with Crippen molar-refractivity contribution in [2.24, 2.45) is 0 Å². The van der Waals surface area contributed by atoms with Crippen LogP contribution in [0.3, 0.4) is 0 Å². The van der Waals surface area contributed by atoms with Crippen molar-refractivity contribution in [1.29, 1.82) is 0 Å². The molecule has 0 aliphatic carbocycles. The van der Waals surface area contributed by atoms with Gasteiger partial charge in [0.25, 0.3) is 5.91 Å². The first kappa shape index (κ1) is 17.3. The zero-order valence-electron chi connectivity index (χ0n) is 14.1. The number of hydrogen-bond donors (Lipinski definition) is 0. The van der Waals surface area contributed by atoms with Gasteiger partial charge in [-0.1, -0.05) is 19.4 Å². The smallest absolute Gasteiger partial charge is 0.260 e. The molecule has 0 radical (unpaired) electrons. The van der Waals surface area contributed by atoms with Gasteiger partial charge in [0.15, 0.2) is 6.61 Å². The zero-order valence-corrected chi connectivity index (χ0v) is 14.1. The van der Waals surface area contributed by atoms with Crippen LogP contribution in [0.4, 0.5) is 5.69 Å². The Morgan fingerprint density at radius 2 is 2.17 bits per heavy atom. The van der Waals surface area contributed by atoms with Gasteiger partial charge < -0.3 is 14.5 Å². The number of rotatable bonds is 8. The van der Waals surface area contributed by atoms with Crippen LogP contribution in [-0.4, -0.2) is 43.0 Å². The maximum Gasteiger partial charge on any atom is 0.260 e. The summed E-state index contributed by atoms with van der Waals surface area (Å²) in [6, 6.07) is 7.41. The van der Waals surface area contributed by atoms with Crippen LogP contribution in [0.1, 0.15) is 39.5 Å². The van der Waals surface area contributed by atoms with Gasteiger partial charge in [0.1, 0.15) is 5.75 Å². The number of carbonyl (C=O) groups excluding carboxylic acids is 2. The Morgan fingerprint density at radius 3 is 2.83 bits per heavy atom. The number of anilines is 1. The van der Waals surface area contributed by atoms with Gasteiger partial charge in [0, 0.05) is 37.8 Å². The second-order valence-electron chi connectivity index (χ2n) is 5.76. The average molecular weight is 318 g/mol. The normalized spacial score (nSPS) is 14.2. The predicted octanol–water partition coefficient (Wildman–Crippen LogP) is 2.84. The molecule has 1 aromatic rings. The van der Waals surface area contributed by atoms with E-state index in [1.165, 1.54) is 0 Å². The third kappa shape index (κ3) is 4.71. The molecule has 1 aromatic carbocycles. The van der Waals surface area contributed by atoms with Gasteiger partial charge in [-0.05, 0) is 31.9 Å². The van der Waals surface area contributed by atoms with E-state index in [1.807, 2.05) is 36.1 Å². The van der Waals surface area contributed by atoms with E-state index in [1.54, 1.807) is 4.90 Å². The molecule has 5 heteroatoms. The van der Waals surface area contributed by atoms with Gasteiger partial charge in [-0.15, -0.1) is 0 Å². The van der Waals surface area contributed by atoms with Crippen LogP contribution in [0.5, 0.6) is 5.75 Å². The van der Waals surface area contributed by atoms with E-state index < -0.39 is 0 Å². The number of likely N-dealkylation sites (N-methyl/N-ethyl adjacent to an activating group) is 1. The molecule has 0 spiro atoms. The van der Waals surface area contributed by atoms with E-state index in [9.17, 15) is 9.59 Å². The minimum Gasteiger partial charge on any atom is -0.484 e. The molecule has 1 heterocycles. The number of unbranched alkanes of at least 4 members (excludes halogenated alkanes) is 1. The van der Waals surface area contributed by atoms with Gasteiger partial charge in [-0.3, -0.25) is 9.59 Å². The summed E-state index contributed by atoms with van der Waals surface area (Å²) in [6.07, 6.45) is 3.57. The molecular weight excluding hydrogens is 292 g/mol. The number of ether oxygens (including phenoxy) is 1. The molecule has 0 N–H and O–H groups in total. The van der Waals surface area contributed by atoms with Crippen LogP contribution in [-0.2, 0) is 9.59 Å². The van der Waals surface area contributed by atoms with Crippen molar-refractivity contribution >= 4 is 17.5 Å². The number of carbonyl (C=O) groups is 2. The Morgan fingerprint density at radius 1 is 1.35 bits per heavy atom. The highest BCUT2D eigenvalue weighted by atomic mass is 16.5. The molecule has 0 bridgehead atoms. The predicted molar refractivity (Wildman–Crippen MR) is 90.7 cm³/mol. The van der Waals surface area contributed by atoms with E-state index in [2.05, 4.69) is 6.92 Å². The van der Waals surface area contributed by atoms with E-state index in [-0.39, 0.29) is 18.4 Å². The Bertz CT molecular complexity index is 545. The molecule has 2 amide bonds. The molecule has 1 saturated heterocycles. The Kier molecular flexibility index (Phi) is 6.44. The first-order chi connectivity index (χ1) is 11.2. The zero-order chi connectivity index (χ0) is 16.7. The number of nitrogens with zero attached hydrogens (tertiary/aromatic N) is 2. The van der Waals surface area contributed by atoms with Crippen molar-refractivity contribution in [3.63, 3.8) is 0 Å². The molecule has 1 aliphatic rings. The Hall–Kier alpha value is -2.04. The number of benzene rings is 1. The summed E-state index contributed by atoms with van der Waals surface area (Å²) in [7, 11) is 0. The minimum absolute atomic E-state index is 0.00334. The molecule has 2 rings (SSSR count). The van der Waals surface area contributed by atoms with Crippen LogP contribution < -0.4 is 9.64 Å². The van der Waals surface area contributed by atoms with Gasteiger partial charge in [0.05, 0.1) is 0 Å². The minimum atomic E-state index is 0.00334. The van der Waals surface area contributed by atoms with Crippen molar-refractivity contribution < 1.29 is 14.3 Å². The number of amides is 2.